The smallest absolute Gasteiger partial charge is 0.160 e. The van der Waals surface area contributed by atoms with E-state index in [4.69, 9.17) is 5.73 Å². The third kappa shape index (κ3) is 1.93. The van der Waals surface area contributed by atoms with Crippen molar-refractivity contribution in [1.82, 2.24) is 14.6 Å². The molecule has 0 aromatic carbocycles. The highest BCUT2D eigenvalue weighted by Crippen LogP contribution is 2.31. The number of hydrogen-bond acceptors (Lipinski definition) is 3. The van der Waals surface area contributed by atoms with Gasteiger partial charge < -0.3 is 5.73 Å². The zero-order valence-electron chi connectivity index (χ0n) is 9.97. The number of aromatic nitrogens is 3. The van der Waals surface area contributed by atoms with Gasteiger partial charge in [0.1, 0.15) is 0 Å². The Bertz CT molecular complexity index is 511. The minimum Gasteiger partial charge on any atom is -0.326 e. The predicted molar refractivity (Wildman–Crippen MR) is 66.7 cm³/mol. The molecule has 0 amide bonds. The van der Waals surface area contributed by atoms with E-state index in [-0.39, 0.29) is 0 Å². The molecule has 1 aliphatic carbocycles. The first kappa shape index (κ1) is 10.7. The van der Waals surface area contributed by atoms with Crippen LogP contribution in [0.1, 0.15) is 49.4 Å². The van der Waals surface area contributed by atoms with Gasteiger partial charge in [-0.25, -0.2) is 9.50 Å². The molecule has 90 valence electrons. The van der Waals surface area contributed by atoms with E-state index in [1.54, 1.807) is 0 Å². The topological polar surface area (TPSA) is 56.2 Å². The highest BCUT2D eigenvalue weighted by Gasteiger charge is 2.20. The summed E-state index contributed by atoms with van der Waals surface area (Å²) in [6.45, 7) is 0.521. The van der Waals surface area contributed by atoms with Gasteiger partial charge in [0.05, 0.1) is 0 Å². The number of hydrogen-bond donors (Lipinski definition) is 1. The molecule has 2 heterocycles. The SMILES string of the molecule is NCc1cccn2nc(C3CCCCC3)nc12. The molecule has 0 bridgehead atoms. The molecule has 1 saturated carbocycles. The molecule has 2 aromatic heterocycles. The van der Waals surface area contributed by atoms with E-state index in [1.165, 1.54) is 32.1 Å². The molecule has 0 atom stereocenters. The molecule has 4 nitrogen and oxygen atoms in total. The van der Waals surface area contributed by atoms with E-state index in [9.17, 15) is 0 Å². The first-order chi connectivity index (χ1) is 8.38. The van der Waals surface area contributed by atoms with Crippen molar-refractivity contribution in [3.05, 3.63) is 29.7 Å². The molecule has 4 heteroatoms. The predicted octanol–water partition coefficient (Wildman–Crippen LogP) is 2.24. The minimum absolute atomic E-state index is 0.521. The Morgan fingerprint density at radius 2 is 2.12 bits per heavy atom. The maximum atomic E-state index is 5.72. The molecule has 1 aliphatic rings. The second-order valence-electron chi connectivity index (χ2n) is 4.81. The first-order valence-electron chi connectivity index (χ1n) is 6.42. The van der Waals surface area contributed by atoms with E-state index >= 15 is 0 Å². The van der Waals surface area contributed by atoms with Gasteiger partial charge in [0, 0.05) is 24.2 Å². The summed E-state index contributed by atoms with van der Waals surface area (Å²) in [5.41, 5.74) is 7.72. The lowest BCUT2D eigenvalue weighted by Gasteiger charge is -2.17. The van der Waals surface area contributed by atoms with Gasteiger partial charge >= 0.3 is 0 Å². The summed E-state index contributed by atoms with van der Waals surface area (Å²) in [6.07, 6.45) is 8.39. The molecule has 0 spiro atoms. The molecule has 0 unspecified atom stereocenters. The minimum atomic E-state index is 0.521. The van der Waals surface area contributed by atoms with Crippen molar-refractivity contribution in [3.8, 4) is 0 Å². The van der Waals surface area contributed by atoms with Gasteiger partial charge in [0.2, 0.25) is 0 Å². The van der Waals surface area contributed by atoms with Crippen LogP contribution in [0.5, 0.6) is 0 Å². The highest BCUT2D eigenvalue weighted by atomic mass is 15.3. The van der Waals surface area contributed by atoms with Gasteiger partial charge in [-0.05, 0) is 18.9 Å². The molecule has 2 aromatic rings. The fourth-order valence-electron chi connectivity index (χ4n) is 2.67. The summed E-state index contributed by atoms with van der Waals surface area (Å²) in [5, 5.41) is 4.60. The largest absolute Gasteiger partial charge is 0.326 e. The van der Waals surface area contributed by atoms with Crippen molar-refractivity contribution in [1.29, 1.82) is 0 Å². The summed E-state index contributed by atoms with van der Waals surface area (Å²) in [7, 11) is 0. The average Bonchev–Trinajstić information content (AvgIpc) is 2.83. The van der Waals surface area contributed by atoms with Crippen molar-refractivity contribution in [2.24, 2.45) is 5.73 Å². The van der Waals surface area contributed by atoms with Crippen LogP contribution in [0.15, 0.2) is 18.3 Å². The number of nitrogens with zero attached hydrogens (tertiary/aromatic N) is 3. The van der Waals surface area contributed by atoms with Gasteiger partial charge in [0.15, 0.2) is 11.5 Å². The molecular formula is C13H18N4. The maximum Gasteiger partial charge on any atom is 0.160 e. The first-order valence-corrected chi connectivity index (χ1v) is 6.42. The van der Waals surface area contributed by atoms with Crippen LogP contribution in [-0.2, 0) is 6.54 Å². The second-order valence-corrected chi connectivity index (χ2v) is 4.81. The lowest BCUT2D eigenvalue weighted by molar-refractivity contribution is 0.429. The van der Waals surface area contributed by atoms with Crippen LogP contribution in [0.3, 0.4) is 0 Å². The van der Waals surface area contributed by atoms with E-state index in [1.807, 2.05) is 22.8 Å². The lowest BCUT2D eigenvalue weighted by atomic mass is 9.89. The monoisotopic (exact) mass is 230 g/mol. The normalized spacial score (nSPS) is 17.7. The van der Waals surface area contributed by atoms with Gasteiger partial charge in [-0.3, -0.25) is 0 Å². The lowest BCUT2D eigenvalue weighted by Crippen LogP contribution is -2.06. The summed E-state index contributed by atoms with van der Waals surface area (Å²) >= 11 is 0. The Morgan fingerprint density at radius 1 is 1.29 bits per heavy atom. The van der Waals surface area contributed by atoms with E-state index < -0.39 is 0 Å². The summed E-state index contributed by atoms with van der Waals surface area (Å²) in [4.78, 5) is 4.68. The molecule has 0 radical (unpaired) electrons. The molecule has 17 heavy (non-hydrogen) atoms. The number of fused-ring (bicyclic) bond motifs is 1. The van der Waals surface area contributed by atoms with Gasteiger partial charge in [-0.2, -0.15) is 5.10 Å². The van der Waals surface area contributed by atoms with Gasteiger partial charge in [-0.15, -0.1) is 0 Å². The zero-order chi connectivity index (χ0) is 11.7. The average molecular weight is 230 g/mol. The highest BCUT2D eigenvalue weighted by molar-refractivity contribution is 5.47. The fraction of sp³-hybridized carbons (Fsp3) is 0.538. The van der Waals surface area contributed by atoms with Crippen LogP contribution in [0.4, 0.5) is 0 Å². The molecule has 0 aliphatic heterocycles. The second kappa shape index (κ2) is 4.45. The van der Waals surface area contributed by atoms with Crippen molar-refractivity contribution in [3.63, 3.8) is 0 Å². The third-order valence-corrected chi connectivity index (χ3v) is 3.65. The standard InChI is InChI=1S/C13H18N4/c14-9-11-7-4-8-17-13(11)15-12(16-17)10-5-2-1-3-6-10/h4,7-8,10H,1-3,5-6,9,14H2. The van der Waals surface area contributed by atoms with Crippen molar-refractivity contribution in [2.75, 3.05) is 0 Å². The Balaban J connectivity index is 2.00. The molecule has 3 rings (SSSR count). The maximum absolute atomic E-state index is 5.72. The van der Waals surface area contributed by atoms with Crippen LogP contribution in [0.25, 0.3) is 5.65 Å². The van der Waals surface area contributed by atoms with Crippen LogP contribution in [-0.4, -0.2) is 14.6 Å². The number of rotatable bonds is 2. The Morgan fingerprint density at radius 3 is 2.88 bits per heavy atom. The van der Waals surface area contributed by atoms with Gasteiger partial charge in [0.25, 0.3) is 0 Å². The Kier molecular flexibility index (Phi) is 2.81. The molecular weight excluding hydrogens is 212 g/mol. The summed E-state index contributed by atoms with van der Waals surface area (Å²) < 4.78 is 1.87. The molecule has 1 fully saturated rings. The van der Waals surface area contributed by atoms with E-state index in [0.717, 1.165) is 17.0 Å². The van der Waals surface area contributed by atoms with Crippen LogP contribution in [0, 0.1) is 0 Å². The van der Waals surface area contributed by atoms with Crippen LogP contribution in [0.2, 0.25) is 0 Å². The van der Waals surface area contributed by atoms with Crippen molar-refractivity contribution < 1.29 is 0 Å². The summed E-state index contributed by atoms with van der Waals surface area (Å²) in [6, 6.07) is 4.00. The van der Waals surface area contributed by atoms with E-state index in [0.29, 0.717) is 12.5 Å². The summed E-state index contributed by atoms with van der Waals surface area (Å²) in [5.74, 6) is 1.56. The third-order valence-electron chi connectivity index (χ3n) is 3.65. The quantitative estimate of drug-likeness (QED) is 0.860. The van der Waals surface area contributed by atoms with Crippen molar-refractivity contribution >= 4 is 5.65 Å². The fourth-order valence-corrected chi connectivity index (χ4v) is 2.67. The van der Waals surface area contributed by atoms with Crippen LogP contribution < -0.4 is 5.73 Å². The van der Waals surface area contributed by atoms with Gasteiger partial charge in [-0.1, -0.05) is 25.3 Å². The van der Waals surface area contributed by atoms with Crippen LogP contribution >= 0.6 is 0 Å². The number of pyridine rings is 1. The van der Waals surface area contributed by atoms with E-state index in [2.05, 4.69) is 10.1 Å². The number of nitrogens with two attached hydrogens (primary N) is 1. The Labute approximate surface area is 101 Å². The molecule has 2 N–H and O–H groups in total. The zero-order valence-corrected chi connectivity index (χ0v) is 9.97. The molecule has 0 saturated heterocycles. The van der Waals surface area contributed by atoms with Crippen molar-refractivity contribution in [2.45, 2.75) is 44.6 Å². The Hall–Kier alpha value is -1.42.